The number of benzene rings is 1. The summed E-state index contributed by atoms with van der Waals surface area (Å²) in [4.78, 5) is 10.1. The van der Waals surface area contributed by atoms with Crippen LogP contribution in [0.15, 0.2) is 12.1 Å². The lowest BCUT2D eigenvalue weighted by Crippen LogP contribution is -2.19. The Morgan fingerprint density at radius 3 is 2.67 bits per heavy atom. The Bertz CT molecular complexity index is 510. The minimum absolute atomic E-state index is 0.0597. The van der Waals surface area contributed by atoms with Gasteiger partial charge in [0.25, 0.3) is 5.69 Å². The molecule has 0 aliphatic carbocycles. The van der Waals surface area contributed by atoms with E-state index in [0.29, 0.717) is 5.56 Å². The molecule has 0 bridgehead atoms. The van der Waals surface area contributed by atoms with Gasteiger partial charge in [-0.1, -0.05) is 0 Å². The first-order chi connectivity index (χ1) is 8.38. The molecule has 4 N–H and O–H groups in total. The Morgan fingerprint density at radius 1 is 1.56 bits per heavy atom. The van der Waals surface area contributed by atoms with Crippen molar-refractivity contribution in [1.82, 2.24) is 0 Å². The fourth-order valence-corrected chi connectivity index (χ4v) is 1.57. The average molecular weight is 251 g/mol. The number of nitro groups is 1. The van der Waals surface area contributed by atoms with E-state index in [1.54, 1.807) is 13.0 Å². The number of aliphatic hydroxyl groups is 2. The summed E-state index contributed by atoms with van der Waals surface area (Å²) >= 11 is 0. The van der Waals surface area contributed by atoms with Crippen LogP contribution in [0.2, 0.25) is 0 Å². The molecule has 1 aromatic rings. The number of rotatable bonds is 4. The van der Waals surface area contributed by atoms with Crippen molar-refractivity contribution in [3.63, 3.8) is 0 Å². The molecule has 7 heteroatoms. The van der Waals surface area contributed by atoms with Crippen LogP contribution < -0.4 is 5.73 Å². The van der Waals surface area contributed by atoms with E-state index in [1.165, 1.54) is 6.07 Å². The number of nitriles is 1. The van der Waals surface area contributed by atoms with Crippen LogP contribution in [0.25, 0.3) is 0 Å². The third kappa shape index (κ3) is 2.74. The highest BCUT2D eigenvalue weighted by Crippen LogP contribution is 2.31. The van der Waals surface area contributed by atoms with E-state index in [1.807, 2.05) is 0 Å². The van der Waals surface area contributed by atoms with Gasteiger partial charge in [-0.2, -0.15) is 5.26 Å². The first-order valence-corrected chi connectivity index (χ1v) is 5.16. The van der Waals surface area contributed by atoms with Crippen LogP contribution >= 0.6 is 0 Å². The maximum atomic E-state index is 10.7. The molecule has 0 saturated heterocycles. The van der Waals surface area contributed by atoms with Crippen LogP contribution in [0.3, 0.4) is 0 Å². The van der Waals surface area contributed by atoms with Gasteiger partial charge in [-0.05, 0) is 12.5 Å². The molecule has 0 radical (unpaired) electrons. The summed E-state index contributed by atoms with van der Waals surface area (Å²) in [7, 11) is 0. The molecule has 1 aromatic carbocycles. The second-order valence-electron chi connectivity index (χ2n) is 3.90. The van der Waals surface area contributed by atoms with E-state index < -0.39 is 17.1 Å². The predicted molar refractivity (Wildman–Crippen MR) is 63.4 cm³/mol. The molecule has 0 amide bonds. The lowest BCUT2D eigenvalue weighted by atomic mass is 9.97. The van der Waals surface area contributed by atoms with Crippen LogP contribution in [-0.4, -0.2) is 21.2 Å². The molecule has 18 heavy (non-hydrogen) atoms. The molecule has 2 unspecified atom stereocenters. The van der Waals surface area contributed by atoms with Crippen molar-refractivity contribution in [2.45, 2.75) is 25.6 Å². The summed E-state index contributed by atoms with van der Waals surface area (Å²) in [5.41, 5.74) is 6.15. The van der Waals surface area contributed by atoms with E-state index in [2.05, 4.69) is 0 Å². The Labute approximate surface area is 103 Å². The molecular formula is C11H13N3O4. The first kappa shape index (κ1) is 13.9. The first-order valence-electron chi connectivity index (χ1n) is 5.16. The lowest BCUT2D eigenvalue weighted by Gasteiger charge is -2.18. The predicted octanol–water partition coefficient (Wildman–Crippen LogP) is 0.793. The standard InChI is InChI=1S/C11H13N3O4/c1-6-4-7(14(17)18)5-8(10(6)13)11(16)9(15)2-3-12/h4-5,9,11,15-16H,2,13H2,1H3. The summed E-state index contributed by atoms with van der Waals surface area (Å²) in [6.45, 7) is 1.56. The highest BCUT2D eigenvalue weighted by atomic mass is 16.6. The number of aliphatic hydroxyl groups excluding tert-OH is 2. The van der Waals surface area contributed by atoms with E-state index >= 15 is 0 Å². The smallest absolute Gasteiger partial charge is 0.270 e. The van der Waals surface area contributed by atoms with E-state index in [0.717, 1.165) is 6.07 Å². The van der Waals surface area contributed by atoms with Crippen molar-refractivity contribution in [3.8, 4) is 6.07 Å². The molecule has 0 saturated carbocycles. The molecule has 96 valence electrons. The third-order valence-electron chi connectivity index (χ3n) is 2.60. The van der Waals surface area contributed by atoms with Gasteiger partial charge in [-0.15, -0.1) is 0 Å². The van der Waals surface area contributed by atoms with Gasteiger partial charge in [0.05, 0.1) is 23.5 Å². The van der Waals surface area contributed by atoms with Crippen molar-refractivity contribution < 1.29 is 15.1 Å². The van der Waals surface area contributed by atoms with Crippen LogP contribution in [0.5, 0.6) is 0 Å². The van der Waals surface area contributed by atoms with Crippen molar-refractivity contribution in [2.75, 3.05) is 5.73 Å². The summed E-state index contributed by atoms with van der Waals surface area (Å²) in [6, 6.07) is 4.09. The summed E-state index contributed by atoms with van der Waals surface area (Å²) in [6.07, 6.45) is -3.05. The summed E-state index contributed by atoms with van der Waals surface area (Å²) < 4.78 is 0. The third-order valence-corrected chi connectivity index (χ3v) is 2.60. The van der Waals surface area contributed by atoms with Crippen molar-refractivity contribution in [2.24, 2.45) is 0 Å². The average Bonchev–Trinajstić information content (AvgIpc) is 2.31. The number of nitrogens with zero attached hydrogens (tertiary/aromatic N) is 2. The van der Waals surface area contributed by atoms with Crippen LogP contribution in [0.4, 0.5) is 11.4 Å². The zero-order valence-corrected chi connectivity index (χ0v) is 9.70. The largest absolute Gasteiger partial charge is 0.398 e. The zero-order chi connectivity index (χ0) is 13.9. The number of nitrogen functional groups attached to an aromatic ring is 1. The maximum Gasteiger partial charge on any atom is 0.270 e. The van der Waals surface area contributed by atoms with Gasteiger partial charge in [0, 0.05) is 23.4 Å². The van der Waals surface area contributed by atoms with Crippen molar-refractivity contribution in [3.05, 3.63) is 33.4 Å². The molecule has 0 aromatic heterocycles. The number of nitro benzene ring substituents is 1. The number of nitrogens with two attached hydrogens (primary N) is 1. The quantitative estimate of drug-likeness (QED) is 0.411. The second-order valence-corrected chi connectivity index (χ2v) is 3.90. The molecule has 0 heterocycles. The fraction of sp³-hybridized carbons (Fsp3) is 0.364. The number of anilines is 1. The van der Waals surface area contributed by atoms with Crippen LogP contribution in [-0.2, 0) is 0 Å². The number of aryl methyl sites for hydroxylation is 1. The minimum atomic E-state index is -1.43. The molecule has 0 aliphatic heterocycles. The molecular weight excluding hydrogens is 238 g/mol. The Kier molecular flexibility index (Phi) is 4.20. The molecule has 2 atom stereocenters. The van der Waals surface area contributed by atoms with E-state index in [9.17, 15) is 20.3 Å². The highest BCUT2D eigenvalue weighted by molar-refractivity contribution is 5.59. The second kappa shape index (κ2) is 5.44. The van der Waals surface area contributed by atoms with Gasteiger partial charge in [0.1, 0.15) is 6.10 Å². The maximum absolute atomic E-state index is 10.7. The molecule has 0 aliphatic rings. The summed E-state index contributed by atoms with van der Waals surface area (Å²) in [5.74, 6) is 0. The zero-order valence-electron chi connectivity index (χ0n) is 9.70. The normalized spacial score (nSPS) is 13.7. The SMILES string of the molecule is Cc1cc([N+](=O)[O-])cc(C(O)C(O)CC#N)c1N. The highest BCUT2D eigenvalue weighted by Gasteiger charge is 2.23. The Balaban J connectivity index is 3.23. The monoisotopic (exact) mass is 251 g/mol. The van der Waals surface area contributed by atoms with Gasteiger partial charge in [0.15, 0.2) is 0 Å². The lowest BCUT2D eigenvalue weighted by molar-refractivity contribution is -0.385. The molecule has 0 fully saturated rings. The van der Waals surface area contributed by atoms with E-state index in [4.69, 9.17) is 11.0 Å². The van der Waals surface area contributed by atoms with Crippen molar-refractivity contribution in [1.29, 1.82) is 5.26 Å². The number of hydrogen-bond acceptors (Lipinski definition) is 6. The van der Waals surface area contributed by atoms with E-state index in [-0.39, 0.29) is 23.4 Å². The Morgan fingerprint density at radius 2 is 2.17 bits per heavy atom. The van der Waals surface area contributed by atoms with Gasteiger partial charge in [-0.3, -0.25) is 10.1 Å². The number of non-ortho nitro benzene ring substituents is 1. The molecule has 1 rings (SSSR count). The van der Waals surface area contributed by atoms with Gasteiger partial charge >= 0.3 is 0 Å². The Hall–Kier alpha value is -2.17. The topological polar surface area (TPSA) is 133 Å². The molecule has 0 spiro atoms. The van der Waals surface area contributed by atoms with Gasteiger partial charge < -0.3 is 15.9 Å². The fourth-order valence-electron chi connectivity index (χ4n) is 1.57. The van der Waals surface area contributed by atoms with Crippen molar-refractivity contribution >= 4 is 11.4 Å². The van der Waals surface area contributed by atoms with Gasteiger partial charge in [0.2, 0.25) is 0 Å². The summed E-state index contributed by atoms with van der Waals surface area (Å²) in [5, 5.41) is 38.5. The molecule has 7 nitrogen and oxygen atoms in total. The van der Waals surface area contributed by atoms with Crippen LogP contribution in [0, 0.1) is 28.4 Å². The van der Waals surface area contributed by atoms with Gasteiger partial charge in [-0.25, -0.2) is 0 Å². The minimum Gasteiger partial charge on any atom is -0.398 e. The van der Waals surface area contributed by atoms with Crippen LogP contribution in [0.1, 0.15) is 23.7 Å². The number of hydrogen-bond donors (Lipinski definition) is 3.